The van der Waals surface area contributed by atoms with Crippen LogP contribution in [0.3, 0.4) is 0 Å². The van der Waals surface area contributed by atoms with E-state index in [0.29, 0.717) is 0 Å². The summed E-state index contributed by atoms with van der Waals surface area (Å²) in [6.45, 7) is 0.266. The minimum absolute atomic E-state index is 0.0569. The van der Waals surface area contributed by atoms with Crippen LogP contribution in [-0.4, -0.2) is 31.5 Å². The minimum Gasteiger partial charge on any atom is -0.389 e. The fourth-order valence-electron chi connectivity index (χ4n) is 1.54. The first-order chi connectivity index (χ1) is 8.88. The number of hydrogen-bond donors (Lipinski definition) is 2. The van der Waals surface area contributed by atoms with Crippen LogP contribution in [0.15, 0.2) is 12.1 Å². The molecule has 1 rings (SSSR count). The summed E-state index contributed by atoms with van der Waals surface area (Å²) in [6, 6.07) is 2.71. The molecule has 104 valence electrons. The molecule has 0 saturated heterocycles. The first-order valence-corrected chi connectivity index (χ1v) is 5.98. The summed E-state index contributed by atoms with van der Waals surface area (Å²) >= 11 is 4.62. The molecule has 4 nitrogen and oxygen atoms in total. The van der Waals surface area contributed by atoms with Crippen LogP contribution in [0.25, 0.3) is 0 Å². The van der Waals surface area contributed by atoms with Gasteiger partial charge in [-0.15, -0.1) is 0 Å². The van der Waals surface area contributed by atoms with Crippen LogP contribution in [0.2, 0.25) is 0 Å². The molecule has 0 radical (unpaired) electrons. The lowest BCUT2D eigenvalue weighted by Crippen LogP contribution is -2.27. The molecule has 0 atom stereocenters. The molecule has 7 heteroatoms. The van der Waals surface area contributed by atoms with Gasteiger partial charge in [-0.3, -0.25) is 4.79 Å². The maximum absolute atomic E-state index is 13.8. The maximum atomic E-state index is 13.8. The quantitative estimate of drug-likeness (QED) is 0.798. The molecule has 0 aromatic heterocycles. The molecule has 0 fully saturated rings. The van der Waals surface area contributed by atoms with E-state index >= 15 is 0 Å². The van der Waals surface area contributed by atoms with Crippen molar-refractivity contribution in [2.75, 3.05) is 25.5 Å². The molecular weight excluding hydrogens is 272 g/mol. The van der Waals surface area contributed by atoms with Crippen LogP contribution in [0.1, 0.15) is 12.0 Å². The molecule has 0 aliphatic heterocycles. The van der Waals surface area contributed by atoms with Crippen molar-refractivity contribution in [3.05, 3.63) is 29.3 Å². The van der Waals surface area contributed by atoms with E-state index in [1.54, 1.807) is 7.05 Å². The van der Waals surface area contributed by atoms with Crippen LogP contribution in [0.4, 0.5) is 14.5 Å². The Morgan fingerprint density at radius 3 is 2.58 bits per heavy atom. The van der Waals surface area contributed by atoms with E-state index in [0.717, 1.165) is 0 Å². The molecule has 0 saturated carbocycles. The van der Waals surface area contributed by atoms with Crippen LogP contribution >= 0.6 is 12.2 Å². The second kappa shape index (κ2) is 6.42. The Bertz CT molecular complexity index is 508. The van der Waals surface area contributed by atoms with Gasteiger partial charge in [0, 0.05) is 32.6 Å². The zero-order valence-corrected chi connectivity index (χ0v) is 11.5. The summed E-state index contributed by atoms with van der Waals surface area (Å²) < 4.78 is 27.5. The fourth-order valence-corrected chi connectivity index (χ4v) is 1.70. The summed E-state index contributed by atoms with van der Waals surface area (Å²) in [5.41, 5.74) is 5.21. The third-order valence-corrected chi connectivity index (χ3v) is 2.91. The van der Waals surface area contributed by atoms with Crippen molar-refractivity contribution in [3.8, 4) is 0 Å². The predicted molar refractivity (Wildman–Crippen MR) is 74.2 cm³/mol. The minimum atomic E-state index is -1.07. The van der Waals surface area contributed by atoms with Gasteiger partial charge in [0.2, 0.25) is 5.91 Å². The Morgan fingerprint density at radius 1 is 1.42 bits per heavy atom. The number of benzene rings is 1. The first-order valence-electron chi connectivity index (χ1n) is 5.58. The average Bonchev–Trinajstić information content (AvgIpc) is 2.38. The average molecular weight is 287 g/mol. The normalized spacial score (nSPS) is 10.1. The summed E-state index contributed by atoms with van der Waals surface area (Å²) in [5.74, 6) is -2.27. The lowest BCUT2D eigenvalue weighted by molar-refractivity contribution is -0.120. The smallest absolute Gasteiger partial charge is 0.221 e. The second-order valence-corrected chi connectivity index (χ2v) is 4.41. The second-order valence-electron chi connectivity index (χ2n) is 3.97. The molecule has 1 amide bonds. The highest BCUT2D eigenvalue weighted by molar-refractivity contribution is 7.80. The Labute approximate surface area is 115 Å². The SMILES string of the molecule is CNC(=O)CCN(C)c1ccc(C(N)=S)c(F)c1F. The van der Waals surface area contributed by atoms with Crippen molar-refractivity contribution in [2.45, 2.75) is 6.42 Å². The topological polar surface area (TPSA) is 58.4 Å². The van der Waals surface area contributed by atoms with Gasteiger partial charge in [-0.05, 0) is 12.1 Å². The van der Waals surface area contributed by atoms with Gasteiger partial charge in [0.25, 0.3) is 0 Å². The highest BCUT2D eigenvalue weighted by Gasteiger charge is 2.17. The number of amides is 1. The van der Waals surface area contributed by atoms with Gasteiger partial charge in [0.05, 0.1) is 5.69 Å². The van der Waals surface area contributed by atoms with Crippen molar-refractivity contribution >= 4 is 28.8 Å². The first kappa shape index (κ1) is 15.3. The number of halogens is 2. The van der Waals surface area contributed by atoms with Gasteiger partial charge in [0.1, 0.15) is 4.99 Å². The molecular formula is C12H15F2N3OS. The fraction of sp³-hybridized carbons (Fsp3) is 0.333. The van der Waals surface area contributed by atoms with Crippen molar-refractivity contribution in [1.82, 2.24) is 5.32 Å². The molecule has 3 N–H and O–H groups in total. The van der Waals surface area contributed by atoms with E-state index in [2.05, 4.69) is 17.5 Å². The lowest BCUT2D eigenvalue weighted by Gasteiger charge is -2.20. The number of nitrogens with two attached hydrogens (primary N) is 1. The van der Waals surface area contributed by atoms with Crippen LogP contribution in [0.5, 0.6) is 0 Å². The Kier molecular flexibility index (Phi) is 5.17. The van der Waals surface area contributed by atoms with Crippen LogP contribution < -0.4 is 16.0 Å². The number of thiocarbonyl (C=S) groups is 1. The summed E-state index contributed by atoms with van der Waals surface area (Å²) in [5, 5.41) is 2.45. The third-order valence-electron chi connectivity index (χ3n) is 2.69. The lowest BCUT2D eigenvalue weighted by atomic mass is 10.1. The molecule has 0 unspecified atom stereocenters. The van der Waals surface area contributed by atoms with Crippen molar-refractivity contribution in [3.63, 3.8) is 0 Å². The molecule has 0 aliphatic carbocycles. The summed E-state index contributed by atoms with van der Waals surface area (Å²) in [6.07, 6.45) is 0.186. The van der Waals surface area contributed by atoms with E-state index in [4.69, 9.17) is 5.73 Å². The van der Waals surface area contributed by atoms with E-state index < -0.39 is 11.6 Å². The summed E-state index contributed by atoms with van der Waals surface area (Å²) in [4.78, 5) is 12.4. The predicted octanol–water partition coefficient (Wildman–Crippen LogP) is 1.17. The van der Waals surface area contributed by atoms with Crippen molar-refractivity contribution in [2.24, 2.45) is 5.73 Å². The standard InChI is InChI=1S/C12H15F2N3OS/c1-16-9(18)5-6-17(2)8-4-3-7(12(15)19)10(13)11(8)14/h3-4H,5-6H2,1-2H3,(H2,15,19)(H,16,18). The highest BCUT2D eigenvalue weighted by Crippen LogP contribution is 2.23. The zero-order chi connectivity index (χ0) is 14.6. The number of nitrogens with zero attached hydrogens (tertiary/aromatic N) is 1. The number of rotatable bonds is 5. The largest absolute Gasteiger partial charge is 0.389 e. The monoisotopic (exact) mass is 287 g/mol. The molecule has 0 aliphatic rings. The van der Waals surface area contributed by atoms with E-state index in [9.17, 15) is 13.6 Å². The Balaban J connectivity index is 2.93. The van der Waals surface area contributed by atoms with Gasteiger partial charge < -0.3 is 16.0 Å². The molecule has 1 aromatic rings. The molecule has 0 spiro atoms. The number of carbonyl (C=O) groups is 1. The van der Waals surface area contributed by atoms with Crippen molar-refractivity contribution in [1.29, 1.82) is 0 Å². The summed E-state index contributed by atoms with van der Waals surface area (Å²) in [7, 11) is 3.08. The van der Waals surface area contributed by atoms with E-state index in [-0.39, 0.29) is 35.1 Å². The van der Waals surface area contributed by atoms with Crippen LogP contribution in [0, 0.1) is 11.6 Å². The zero-order valence-electron chi connectivity index (χ0n) is 10.7. The molecule has 0 heterocycles. The third kappa shape index (κ3) is 3.60. The Hall–Kier alpha value is -1.76. The Morgan fingerprint density at radius 2 is 2.05 bits per heavy atom. The van der Waals surface area contributed by atoms with Gasteiger partial charge in [-0.1, -0.05) is 12.2 Å². The van der Waals surface area contributed by atoms with Gasteiger partial charge >= 0.3 is 0 Å². The van der Waals surface area contributed by atoms with Gasteiger partial charge in [-0.2, -0.15) is 0 Å². The van der Waals surface area contributed by atoms with Gasteiger partial charge in [-0.25, -0.2) is 8.78 Å². The molecule has 0 bridgehead atoms. The van der Waals surface area contributed by atoms with E-state index in [1.165, 1.54) is 24.1 Å². The number of carbonyl (C=O) groups excluding carboxylic acids is 1. The van der Waals surface area contributed by atoms with Crippen LogP contribution in [-0.2, 0) is 4.79 Å². The van der Waals surface area contributed by atoms with Gasteiger partial charge in [0.15, 0.2) is 11.6 Å². The number of nitrogens with one attached hydrogen (secondary N) is 1. The number of hydrogen-bond acceptors (Lipinski definition) is 3. The molecule has 19 heavy (non-hydrogen) atoms. The number of anilines is 1. The molecule has 1 aromatic carbocycles. The van der Waals surface area contributed by atoms with E-state index in [1.807, 2.05) is 0 Å². The van der Waals surface area contributed by atoms with Crippen molar-refractivity contribution < 1.29 is 13.6 Å². The maximum Gasteiger partial charge on any atom is 0.221 e. The highest BCUT2D eigenvalue weighted by atomic mass is 32.1.